The highest BCUT2D eigenvalue weighted by molar-refractivity contribution is 6.20. The van der Waals surface area contributed by atoms with Crippen LogP contribution in [-0.2, 0) is 4.79 Å². The molecule has 1 N–H and O–H groups in total. The lowest BCUT2D eigenvalue weighted by Crippen LogP contribution is -2.01. The maximum atomic E-state index is 11.6. The topological polar surface area (TPSA) is 89.7 Å². The Labute approximate surface area is 139 Å². The molecule has 0 saturated heterocycles. The summed E-state index contributed by atoms with van der Waals surface area (Å²) in [6, 6.07) is 10.9. The molecule has 2 aromatic rings. The Balaban J connectivity index is 2.46. The summed E-state index contributed by atoms with van der Waals surface area (Å²) >= 11 is 0. The smallest absolute Gasteiger partial charge is 0.336 e. The van der Waals surface area contributed by atoms with Gasteiger partial charge in [-0.25, -0.2) is 4.79 Å². The highest BCUT2D eigenvalue weighted by atomic mass is 16.6. The molecule has 6 nitrogen and oxygen atoms in total. The van der Waals surface area contributed by atoms with E-state index in [4.69, 9.17) is 4.74 Å². The number of hydrogen-bond donors (Lipinski definition) is 1. The molecule has 0 amide bonds. The quantitative estimate of drug-likeness (QED) is 0.376. The SMILES string of the molecule is CCOc1ccc(/C(=C/c2cccc([N+](=O)[O-])c2)C(=O)O)cc1C. The molecule has 0 heterocycles. The molecule has 0 bridgehead atoms. The second-order valence-electron chi connectivity index (χ2n) is 5.13. The zero-order valence-corrected chi connectivity index (χ0v) is 13.4. The van der Waals surface area contributed by atoms with Crippen LogP contribution in [0, 0.1) is 17.0 Å². The van der Waals surface area contributed by atoms with Gasteiger partial charge in [0.05, 0.1) is 17.1 Å². The number of aliphatic carboxylic acids is 1. The van der Waals surface area contributed by atoms with Gasteiger partial charge in [0.1, 0.15) is 5.75 Å². The van der Waals surface area contributed by atoms with Crippen LogP contribution in [0.25, 0.3) is 11.6 Å². The van der Waals surface area contributed by atoms with Gasteiger partial charge in [-0.3, -0.25) is 10.1 Å². The molecule has 0 unspecified atom stereocenters. The van der Waals surface area contributed by atoms with Crippen molar-refractivity contribution in [1.82, 2.24) is 0 Å². The molecular formula is C18H17NO5. The van der Waals surface area contributed by atoms with Crippen molar-refractivity contribution in [3.05, 3.63) is 69.3 Å². The molecule has 0 fully saturated rings. The molecule has 124 valence electrons. The van der Waals surface area contributed by atoms with Crippen molar-refractivity contribution in [3.8, 4) is 5.75 Å². The van der Waals surface area contributed by atoms with E-state index in [1.165, 1.54) is 24.3 Å². The summed E-state index contributed by atoms with van der Waals surface area (Å²) < 4.78 is 5.45. The minimum Gasteiger partial charge on any atom is -0.494 e. The highest BCUT2D eigenvalue weighted by Gasteiger charge is 2.13. The molecular weight excluding hydrogens is 310 g/mol. The van der Waals surface area contributed by atoms with Gasteiger partial charge in [0.25, 0.3) is 5.69 Å². The second-order valence-corrected chi connectivity index (χ2v) is 5.13. The van der Waals surface area contributed by atoms with Crippen molar-refractivity contribution < 1.29 is 19.6 Å². The molecule has 2 rings (SSSR count). The molecule has 0 aliphatic heterocycles. The van der Waals surface area contributed by atoms with Crippen LogP contribution in [0.4, 0.5) is 5.69 Å². The normalized spacial score (nSPS) is 11.2. The van der Waals surface area contributed by atoms with Gasteiger partial charge in [-0.2, -0.15) is 0 Å². The summed E-state index contributed by atoms with van der Waals surface area (Å²) in [6.07, 6.45) is 1.42. The number of non-ortho nitro benzene ring substituents is 1. The van der Waals surface area contributed by atoms with Crippen LogP contribution in [0.3, 0.4) is 0 Å². The maximum Gasteiger partial charge on any atom is 0.336 e. The van der Waals surface area contributed by atoms with Crippen molar-refractivity contribution in [2.45, 2.75) is 13.8 Å². The molecule has 0 radical (unpaired) electrons. The predicted octanol–water partition coefficient (Wildman–Crippen LogP) is 3.93. The lowest BCUT2D eigenvalue weighted by Gasteiger charge is -2.10. The molecule has 0 spiro atoms. The van der Waals surface area contributed by atoms with Crippen LogP contribution < -0.4 is 4.74 Å². The van der Waals surface area contributed by atoms with E-state index < -0.39 is 10.9 Å². The summed E-state index contributed by atoms with van der Waals surface area (Å²) in [6.45, 7) is 4.23. The molecule has 0 aliphatic rings. The Bertz CT molecular complexity index is 811. The number of aryl methyl sites for hydroxylation is 1. The van der Waals surface area contributed by atoms with E-state index in [-0.39, 0.29) is 11.3 Å². The fourth-order valence-electron chi connectivity index (χ4n) is 2.30. The average Bonchev–Trinajstić information content (AvgIpc) is 2.54. The minimum absolute atomic E-state index is 0.0571. The first kappa shape index (κ1) is 17.2. The average molecular weight is 327 g/mol. The number of nitro benzene ring substituents is 1. The van der Waals surface area contributed by atoms with Gasteiger partial charge in [-0.15, -0.1) is 0 Å². The third-order valence-corrected chi connectivity index (χ3v) is 3.41. The van der Waals surface area contributed by atoms with Crippen LogP contribution in [0.15, 0.2) is 42.5 Å². The molecule has 0 atom stereocenters. The first-order valence-electron chi connectivity index (χ1n) is 7.35. The Morgan fingerprint density at radius 3 is 2.62 bits per heavy atom. The summed E-state index contributed by atoms with van der Waals surface area (Å²) in [5.74, 6) is -0.411. The lowest BCUT2D eigenvalue weighted by molar-refractivity contribution is -0.384. The number of benzene rings is 2. The van der Waals surface area contributed by atoms with Crippen molar-refractivity contribution in [3.63, 3.8) is 0 Å². The number of nitrogens with zero attached hydrogens (tertiary/aromatic N) is 1. The molecule has 24 heavy (non-hydrogen) atoms. The highest BCUT2D eigenvalue weighted by Crippen LogP contribution is 2.26. The number of rotatable bonds is 6. The molecule has 0 saturated carbocycles. The number of carboxylic acid groups (broad SMARTS) is 1. The van der Waals surface area contributed by atoms with Crippen molar-refractivity contribution in [2.75, 3.05) is 6.61 Å². The van der Waals surface area contributed by atoms with Crippen molar-refractivity contribution in [2.24, 2.45) is 0 Å². The van der Waals surface area contributed by atoms with Crippen LogP contribution in [0.2, 0.25) is 0 Å². The van der Waals surface area contributed by atoms with Crippen molar-refractivity contribution in [1.29, 1.82) is 0 Å². The third kappa shape index (κ3) is 3.98. The Morgan fingerprint density at radius 2 is 2.04 bits per heavy atom. The van der Waals surface area contributed by atoms with Gasteiger partial charge in [0.15, 0.2) is 0 Å². The van der Waals surface area contributed by atoms with Crippen LogP contribution in [0.5, 0.6) is 5.75 Å². The minimum atomic E-state index is -1.11. The number of carboxylic acids is 1. The number of hydrogen-bond acceptors (Lipinski definition) is 4. The maximum absolute atomic E-state index is 11.6. The Morgan fingerprint density at radius 1 is 1.29 bits per heavy atom. The molecule has 0 aromatic heterocycles. The molecule has 6 heteroatoms. The van der Waals surface area contributed by atoms with E-state index in [0.717, 1.165) is 5.56 Å². The van der Waals surface area contributed by atoms with Crippen LogP contribution >= 0.6 is 0 Å². The zero-order valence-electron chi connectivity index (χ0n) is 13.4. The van der Waals surface area contributed by atoms with Crippen LogP contribution in [-0.4, -0.2) is 22.6 Å². The van der Waals surface area contributed by atoms with E-state index in [1.54, 1.807) is 24.3 Å². The summed E-state index contributed by atoms with van der Waals surface area (Å²) in [4.78, 5) is 21.9. The number of nitro groups is 1. The molecule has 2 aromatic carbocycles. The van der Waals surface area contributed by atoms with Crippen LogP contribution in [0.1, 0.15) is 23.6 Å². The number of ether oxygens (including phenoxy) is 1. The summed E-state index contributed by atoms with van der Waals surface area (Å²) in [5.41, 5.74) is 1.75. The fourth-order valence-corrected chi connectivity index (χ4v) is 2.30. The predicted molar refractivity (Wildman–Crippen MR) is 91.0 cm³/mol. The van der Waals surface area contributed by atoms with Gasteiger partial charge in [-0.05, 0) is 48.7 Å². The van der Waals surface area contributed by atoms with Gasteiger partial charge in [0, 0.05) is 12.1 Å². The first-order valence-corrected chi connectivity index (χ1v) is 7.35. The monoisotopic (exact) mass is 327 g/mol. The Hall–Kier alpha value is -3.15. The van der Waals surface area contributed by atoms with Crippen molar-refractivity contribution >= 4 is 23.3 Å². The summed E-state index contributed by atoms with van der Waals surface area (Å²) in [5, 5.41) is 20.3. The van der Waals surface area contributed by atoms with E-state index in [1.807, 2.05) is 13.8 Å². The van der Waals surface area contributed by atoms with E-state index >= 15 is 0 Å². The van der Waals surface area contributed by atoms with Gasteiger partial charge in [0.2, 0.25) is 0 Å². The zero-order chi connectivity index (χ0) is 17.7. The second kappa shape index (κ2) is 7.41. The lowest BCUT2D eigenvalue weighted by atomic mass is 10.0. The van der Waals surface area contributed by atoms with E-state index in [9.17, 15) is 20.0 Å². The fraction of sp³-hybridized carbons (Fsp3) is 0.167. The van der Waals surface area contributed by atoms with Gasteiger partial charge < -0.3 is 9.84 Å². The standard InChI is InChI=1S/C18H17NO5/c1-3-24-17-8-7-14(9-12(17)2)16(18(20)21)11-13-5-4-6-15(10-13)19(22)23/h4-11H,3H2,1-2H3,(H,20,21)/b16-11-. The van der Waals surface area contributed by atoms with E-state index in [0.29, 0.717) is 23.5 Å². The van der Waals surface area contributed by atoms with Gasteiger partial charge >= 0.3 is 5.97 Å². The number of carbonyl (C=O) groups is 1. The first-order chi connectivity index (χ1) is 11.4. The van der Waals surface area contributed by atoms with Gasteiger partial charge in [-0.1, -0.05) is 18.2 Å². The molecule has 0 aliphatic carbocycles. The Kier molecular flexibility index (Phi) is 5.31. The largest absolute Gasteiger partial charge is 0.494 e. The van der Waals surface area contributed by atoms with E-state index in [2.05, 4.69) is 0 Å². The summed E-state index contributed by atoms with van der Waals surface area (Å²) in [7, 11) is 0. The third-order valence-electron chi connectivity index (χ3n) is 3.41.